The number of carbonyl (C=O) groups is 1. The second kappa shape index (κ2) is 6.86. The van der Waals surface area contributed by atoms with Gasteiger partial charge < -0.3 is 5.73 Å². The molecular formula is C12H24N2O2. The standard InChI is InChI=1S/C12H24N2O2/c1-10(2)7-11(9-13)8-12(15)14-5-3-4-6-16-14/h10-11H,3-9,13H2,1-2H3. The zero-order valence-electron chi connectivity index (χ0n) is 10.4. The van der Waals surface area contributed by atoms with Crippen LogP contribution < -0.4 is 5.73 Å². The highest BCUT2D eigenvalue weighted by atomic mass is 16.7. The normalized spacial score (nSPS) is 18.9. The van der Waals surface area contributed by atoms with E-state index in [4.69, 9.17) is 10.6 Å². The van der Waals surface area contributed by atoms with Crippen LogP contribution in [-0.4, -0.2) is 30.7 Å². The lowest BCUT2D eigenvalue weighted by Crippen LogP contribution is -2.37. The molecule has 1 saturated heterocycles. The van der Waals surface area contributed by atoms with Crippen LogP contribution in [0.3, 0.4) is 0 Å². The van der Waals surface area contributed by atoms with Crippen molar-refractivity contribution in [3.05, 3.63) is 0 Å². The molecule has 0 saturated carbocycles. The minimum Gasteiger partial charge on any atom is -0.330 e. The van der Waals surface area contributed by atoms with Crippen molar-refractivity contribution in [3.8, 4) is 0 Å². The topological polar surface area (TPSA) is 55.6 Å². The van der Waals surface area contributed by atoms with Crippen LogP contribution in [0.4, 0.5) is 0 Å². The Morgan fingerprint density at radius 1 is 1.44 bits per heavy atom. The van der Waals surface area contributed by atoms with Gasteiger partial charge in [0.05, 0.1) is 6.61 Å². The third-order valence-electron chi connectivity index (χ3n) is 2.88. The molecule has 1 aliphatic rings. The Kier molecular flexibility index (Phi) is 5.77. The molecule has 1 atom stereocenters. The monoisotopic (exact) mass is 228 g/mol. The summed E-state index contributed by atoms with van der Waals surface area (Å²) in [6.45, 7) is 6.30. The molecule has 2 N–H and O–H groups in total. The summed E-state index contributed by atoms with van der Waals surface area (Å²) in [7, 11) is 0. The van der Waals surface area contributed by atoms with Crippen molar-refractivity contribution in [1.82, 2.24) is 5.06 Å². The summed E-state index contributed by atoms with van der Waals surface area (Å²) < 4.78 is 0. The van der Waals surface area contributed by atoms with Crippen LogP contribution >= 0.6 is 0 Å². The fourth-order valence-corrected chi connectivity index (χ4v) is 2.07. The van der Waals surface area contributed by atoms with Gasteiger partial charge in [-0.15, -0.1) is 0 Å². The fraction of sp³-hybridized carbons (Fsp3) is 0.917. The summed E-state index contributed by atoms with van der Waals surface area (Å²) in [5.41, 5.74) is 5.69. The summed E-state index contributed by atoms with van der Waals surface area (Å²) in [5.74, 6) is 0.970. The number of hydroxylamine groups is 2. The average molecular weight is 228 g/mol. The highest BCUT2D eigenvalue weighted by molar-refractivity contribution is 5.75. The van der Waals surface area contributed by atoms with E-state index >= 15 is 0 Å². The van der Waals surface area contributed by atoms with Gasteiger partial charge in [0.25, 0.3) is 0 Å². The van der Waals surface area contributed by atoms with Gasteiger partial charge in [0.15, 0.2) is 0 Å². The average Bonchev–Trinajstić information content (AvgIpc) is 2.28. The predicted molar refractivity (Wildman–Crippen MR) is 63.5 cm³/mol. The van der Waals surface area contributed by atoms with E-state index in [0.717, 1.165) is 25.8 Å². The molecule has 0 bridgehead atoms. The largest absolute Gasteiger partial charge is 0.330 e. The van der Waals surface area contributed by atoms with Gasteiger partial charge in [0, 0.05) is 13.0 Å². The Morgan fingerprint density at radius 3 is 2.69 bits per heavy atom. The lowest BCUT2D eigenvalue weighted by molar-refractivity contribution is -0.198. The summed E-state index contributed by atoms with van der Waals surface area (Å²) in [4.78, 5) is 17.2. The van der Waals surface area contributed by atoms with Gasteiger partial charge >= 0.3 is 0 Å². The molecule has 1 unspecified atom stereocenters. The van der Waals surface area contributed by atoms with Gasteiger partial charge in [0.2, 0.25) is 5.91 Å². The van der Waals surface area contributed by atoms with E-state index in [-0.39, 0.29) is 11.8 Å². The lowest BCUT2D eigenvalue weighted by atomic mass is 9.94. The third-order valence-corrected chi connectivity index (χ3v) is 2.88. The second-order valence-electron chi connectivity index (χ2n) is 4.97. The van der Waals surface area contributed by atoms with Crippen molar-refractivity contribution in [2.24, 2.45) is 17.6 Å². The summed E-state index contributed by atoms with van der Waals surface area (Å²) in [6.07, 6.45) is 3.63. The molecular weight excluding hydrogens is 204 g/mol. The maximum Gasteiger partial charge on any atom is 0.246 e. The highest BCUT2D eigenvalue weighted by Crippen LogP contribution is 2.17. The van der Waals surface area contributed by atoms with Gasteiger partial charge in [-0.2, -0.15) is 0 Å². The molecule has 16 heavy (non-hydrogen) atoms. The van der Waals surface area contributed by atoms with Crippen molar-refractivity contribution in [3.63, 3.8) is 0 Å². The number of carbonyl (C=O) groups excluding carboxylic acids is 1. The first-order valence-corrected chi connectivity index (χ1v) is 6.26. The van der Waals surface area contributed by atoms with Crippen LogP contribution in [0, 0.1) is 11.8 Å². The van der Waals surface area contributed by atoms with Crippen molar-refractivity contribution in [2.75, 3.05) is 19.7 Å². The fourth-order valence-electron chi connectivity index (χ4n) is 2.07. The molecule has 0 aromatic rings. The summed E-state index contributed by atoms with van der Waals surface area (Å²) in [5, 5.41) is 1.52. The van der Waals surface area contributed by atoms with E-state index in [2.05, 4.69) is 13.8 Å². The molecule has 1 aliphatic heterocycles. The van der Waals surface area contributed by atoms with Crippen molar-refractivity contribution in [1.29, 1.82) is 0 Å². The first kappa shape index (κ1) is 13.5. The molecule has 4 nitrogen and oxygen atoms in total. The van der Waals surface area contributed by atoms with Gasteiger partial charge in [0.1, 0.15) is 0 Å². The molecule has 0 aromatic carbocycles. The van der Waals surface area contributed by atoms with E-state index in [9.17, 15) is 4.79 Å². The minimum atomic E-state index is 0.0933. The van der Waals surface area contributed by atoms with E-state index in [1.165, 1.54) is 5.06 Å². The zero-order valence-corrected chi connectivity index (χ0v) is 10.4. The SMILES string of the molecule is CC(C)CC(CN)CC(=O)N1CCCCO1. The Balaban J connectivity index is 2.35. The summed E-state index contributed by atoms with van der Waals surface area (Å²) in [6, 6.07) is 0. The van der Waals surface area contributed by atoms with Crippen molar-refractivity contribution in [2.45, 2.75) is 39.5 Å². The highest BCUT2D eigenvalue weighted by Gasteiger charge is 2.21. The number of nitrogens with zero attached hydrogens (tertiary/aromatic N) is 1. The van der Waals surface area contributed by atoms with E-state index < -0.39 is 0 Å². The van der Waals surface area contributed by atoms with Crippen LogP contribution in [-0.2, 0) is 9.63 Å². The van der Waals surface area contributed by atoms with Crippen LogP contribution in [0.25, 0.3) is 0 Å². The number of hydrogen-bond acceptors (Lipinski definition) is 3. The van der Waals surface area contributed by atoms with Crippen LogP contribution in [0.1, 0.15) is 39.5 Å². The van der Waals surface area contributed by atoms with Gasteiger partial charge in [-0.05, 0) is 37.6 Å². The molecule has 1 fully saturated rings. The maximum absolute atomic E-state index is 11.9. The van der Waals surface area contributed by atoms with Crippen LogP contribution in [0.15, 0.2) is 0 Å². The van der Waals surface area contributed by atoms with E-state index in [0.29, 0.717) is 25.5 Å². The summed E-state index contributed by atoms with van der Waals surface area (Å²) >= 11 is 0. The zero-order chi connectivity index (χ0) is 12.0. The first-order valence-electron chi connectivity index (χ1n) is 6.26. The Morgan fingerprint density at radius 2 is 2.19 bits per heavy atom. The van der Waals surface area contributed by atoms with Crippen LogP contribution in [0.5, 0.6) is 0 Å². The van der Waals surface area contributed by atoms with Gasteiger partial charge in [-0.3, -0.25) is 9.63 Å². The Labute approximate surface area is 98.1 Å². The smallest absolute Gasteiger partial charge is 0.246 e. The molecule has 94 valence electrons. The van der Waals surface area contributed by atoms with E-state index in [1.54, 1.807) is 0 Å². The third kappa shape index (κ3) is 4.49. The Hall–Kier alpha value is -0.610. The van der Waals surface area contributed by atoms with Gasteiger partial charge in [-0.1, -0.05) is 13.8 Å². The molecule has 0 radical (unpaired) electrons. The first-order chi connectivity index (χ1) is 7.63. The molecule has 1 rings (SSSR count). The predicted octanol–water partition coefficient (Wildman–Crippen LogP) is 1.55. The maximum atomic E-state index is 11.9. The lowest BCUT2D eigenvalue weighted by Gasteiger charge is -2.27. The molecule has 4 heteroatoms. The molecule has 0 aliphatic carbocycles. The number of amides is 1. The van der Waals surface area contributed by atoms with Crippen molar-refractivity contribution < 1.29 is 9.63 Å². The minimum absolute atomic E-state index is 0.0933. The van der Waals surface area contributed by atoms with Crippen LogP contribution in [0.2, 0.25) is 0 Å². The number of nitrogens with two attached hydrogens (primary N) is 1. The van der Waals surface area contributed by atoms with E-state index in [1.807, 2.05) is 0 Å². The molecule has 1 heterocycles. The Bertz CT molecular complexity index is 213. The molecule has 0 aromatic heterocycles. The van der Waals surface area contributed by atoms with Crippen molar-refractivity contribution >= 4 is 5.91 Å². The number of rotatable bonds is 5. The molecule has 1 amide bonds. The molecule has 0 spiro atoms. The number of hydrogen-bond donors (Lipinski definition) is 1. The second-order valence-corrected chi connectivity index (χ2v) is 4.97. The quantitative estimate of drug-likeness (QED) is 0.776. The van der Waals surface area contributed by atoms with Gasteiger partial charge in [-0.25, -0.2) is 5.06 Å².